The fraction of sp³-hybridized carbons (Fsp3) is 0.200. The number of hydrogen-bond acceptors (Lipinski definition) is 5. The molecule has 0 spiro atoms. The summed E-state index contributed by atoms with van der Waals surface area (Å²) in [6.45, 7) is 5.86. The van der Waals surface area contributed by atoms with Gasteiger partial charge in [0.25, 0.3) is 5.91 Å². The number of hydrogen-bond donors (Lipinski definition) is 2. The summed E-state index contributed by atoms with van der Waals surface area (Å²) in [5.74, 6) is 0.341. The van der Waals surface area contributed by atoms with Crippen molar-refractivity contribution in [3.63, 3.8) is 0 Å². The average molecular weight is 360 g/mol. The lowest BCUT2D eigenvalue weighted by Gasteiger charge is -2.28. The van der Waals surface area contributed by atoms with Crippen LogP contribution < -0.4 is 10.6 Å². The van der Waals surface area contributed by atoms with Gasteiger partial charge in [0.1, 0.15) is 6.04 Å². The Hall–Kier alpha value is -3.48. The zero-order valence-corrected chi connectivity index (χ0v) is 15.4. The third-order valence-corrected chi connectivity index (χ3v) is 4.71. The summed E-state index contributed by atoms with van der Waals surface area (Å²) in [6.07, 6.45) is 0. The summed E-state index contributed by atoms with van der Waals surface area (Å²) in [7, 11) is 0. The summed E-state index contributed by atoms with van der Waals surface area (Å²) in [5, 5.41) is 18.1. The maximum absolute atomic E-state index is 13.2. The van der Waals surface area contributed by atoms with Crippen LogP contribution in [0.2, 0.25) is 0 Å². The molecule has 0 saturated carbocycles. The van der Waals surface area contributed by atoms with E-state index in [1.165, 1.54) is 0 Å². The highest BCUT2D eigenvalue weighted by molar-refractivity contribution is 6.06. The van der Waals surface area contributed by atoms with E-state index < -0.39 is 6.04 Å². The van der Waals surface area contributed by atoms with Crippen molar-refractivity contribution >= 4 is 17.5 Å². The molecule has 0 aliphatic carbocycles. The Bertz CT molecular complexity index is 1050. The van der Waals surface area contributed by atoms with Gasteiger partial charge in [-0.1, -0.05) is 53.1 Å². The van der Waals surface area contributed by atoms with Crippen LogP contribution in [0.5, 0.6) is 0 Å². The zero-order valence-electron chi connectivity index (χ0n) is 15.4. The molecular weight excluding hydrogens is 340 g/mol. The average Bonchev–Trinajstić information content (AvgIpc) is 3.10. The van der Waals surface area contributed by atoms with Crippen molar-refractivity contribution in [1.29, 1.82) is 0 Å². The minimum Gasteiger partial charge on any atom is -0.326 e. The van der Waals surface area contributed by atoms with Crippen LogP contribution >= 0.6 is 0 Å². The summed E-state index contributed by atoms with van der Waals surface area (Å²) < 4.78 is 1.65. The van der Waals surface area contributed by atoms with Gasteiger partial charge in [-0.2, -0.15) is 4.68 Å². The van der Waals surface area contributed by atoms with Gasteiger partial charge in [-0.25, -0.2) is 0 Å². The first kappa shape index (κ1) is 17.0. The fourth-order valence-electron chi connectivity index (χ4n) is 3.36. The SMILES string of the molecule is CC1=C(C(=O)Nc2ccccc2C)C(c2cccc(C)c2)n2nnnc2N1. The van der Waals surface area contributed by atoms with Crippen LogP contribution in [0.15, 0.2) is 59.8 Å². The Morgan fingerprint density at radius 3 is 2.70 bits per heavy atom. The zero-order chi connectivity index (χ0) is 19.0. The Kier molecular flexibility index (Phi) is 4.19. The summed E-state index contributed by atoms with van der Waals surface area (Å²) in [5.41, 5.74) is 5.17. The molecule has 1 atom stereocenters. The van der Waals surface area contributed by atoms with Gasteiger partial charge in [0.2, 0.25) is 5.95 Å². The van der Waals surface area contributed by atoms with E-state index in [-0.39, 0.29) is 5.91 Å². The maximum Gasteiger partial charge on any atom is 0.255 e. The van der Waals surface area contributed by atoms with Crippen molar-refractivity contribution < 1.29 is 4.79 Å². The van der Waals surface area contributed by atoms with E-state index in [1.807, 2.05) is 63.2 Å². The van der Waals surface area contributed by atoms with Crippen molar-refractivity contribution in [2.75, 3.05) is 10.6 Å². The van der Waals surface area contributed by atoms with Gasteiger partial charge in [0.05, 0.1) is 5.57 Å². The molecule has 27 heavy (non-hydrogen) atoms. The molecule has 1 unspecified atom stereocenters. The van der Waals surface area contributed by atoms with Crippen molar-refractivity contribution in [2.24, 2.45) is 0 Å². The molecule has 3 aromatic rings. The van der Waals surface area contributed by atoms with Crippen molar-refractivity contribution in [3.05, 3.63) is 76.5 Å². The second-order valence-electron chi connectivity index (χ2n) is 6.70. The Morgan fingerprint density at radius 2 is 1.93 bits per heavy atom. The molecule has 1 aromatic heterocycles. The summed E-state index contributed by atoms with van der Waals surface area (Å²) in [4.78, 5) is 13.2. The predicted molar refractivity (Wildman–Crippen MR) is 103 cm³/mol. The largest absolute Gasteiger partial charge is 0.326 e. The Morgan fingerprint density at radius 1 is 1.11 bits per heavy atom. The van der Waals surface area contributed by atoms with E-state index in [2.05, 4.69) is 32.2 Å². The van der Waals surface area contributed by atoms with Crippen LogP contribution in [0.25, 0.3) is 0 Å². The first-order valence-corrected chi connectivity index (χ1v) is 8.74. The monoisotopic (exact) mass is 360 g/mol. The van der Waals surface area contributed by atoms with Crippen molar-refractivity contribution in [1.82, 2.24) is 20.2 Å². The topological polar surface area (TPSA) is 84.7 Å². The number of fused-ring (bicyclic) bond motifs is 1. The van der Waals surface area contributed by atoms with Crippen molar-refractivity contribution in [3.8, 4) is 0 Å². The number of nitrogens with one attached hydrogen (secondary N) is 2. The standard InChI is InChI=1S/C20H20N6O/c1-12-7-6-9-15(11-12)18-17(14(3)21-20-23-24-25-26(18)20)19(27)22-16-10-5-4-8-13(16)2/h4-11,18H,1-3H3,(H,22,27)(H,21,23,25). The minimum atomic E-state index is -0.403. The number of nitrogens with zero attached hydrogens (tertiary/aromatic N) is 4. The number of para-hydroxylation sites is 1. The van der Waals surface area contributed by atoms with Crippen LogP contribution in [0.3, 0.4) is 0 Å². The number of tetrazole rings is 1. The van der Waals surface area contributed by atoms with E-state index in [9.17, 15) is 4.79 Å². The molecule has 2 heterocycles. The molecular formula is C20H20N6O. The third-order valence-electron chi connectivity index (χ3n) is 4.71. The van der Waals surface area contributed by atoms with Gasteiger partial charge in [-0.3, -0.25) is 4.79 Å². The molecule has 2 aromatic carbocycles. The second-order valence-corrected chi connectivity index (χ2v) is 6.70. The highest BCUT2D eigenvalue weighted by Gasteiger charge is 2.34. The van der Waals surface area contributed by atoms with Crippen LogP contribution in [0.1, 0.15) is 29.7 Å². The summed E-state index contributed by atoms with van der Waals surface area (Å²) in [6, 6.07) is 15.3. The van der Waals surface area contributed by atoms with Crippen LogP contribution in [-0.2, 0) is 4.79 Å². The van der Waals surface area contributed by atoms with Gasteiger partial charge in [0, 0.05) is 11.4 Å². The second kappa shape index (κ2) is 6.68. The first-order valence-electron chi connectivity index (χ1n) is 8.74. The van der Waals surface area contributed by atoms with Crippen LogP contribution in [0, 0.1) is 13.8 Å². The molecule has 1 amide bonds. The predicted octanol–water partition coefficient (Wildman–Crippen LogP) is 3.22. The number of amides is 1. The van der Waals surface area contributed by atoms with Gasteiger partial charge in [-0.15, -0.1) is 0 Å². The summed E-state index contributed by atoms with van der Waals surface area (Å²) >= 11 is 0. The number of anilines is 2. The van der Waals surface area contributed by atoms with Crippen molar-refractivity contribution in [2.45, 2.75) is 26.8 Å². The lowest BCUT2D eigenvalue weighted by Crippen LogP contribution is -2.31. The highest BCUT2D eigenvalue weighted by atomic mass is 16.1. The molecule has 1 aliphatic heterocycles. The molecule has 7 nitrogen and oxygen atoms in total. The Balaban J connectivity index is 1.79. The highest BCUT2D eigenvalue weighted by Crippen LogP contribution is 2.35. The third kappa shape index (κ3) is 3.08. The van der Waals surface area contributed by atoms with Gasteiger partial charge < -0.3 is 10.6 Å². The first-order chi connectivity index (χ1) is 13.0. The quantitative estimate of drug-likeness (QED) is 0.749. The number of benzene rings is 2. The molecule has 0 bridgehead atoms. The van der Waals surface area contributed by atoms with E-state index in [0.717, 1.165) is 28.1 Å². The Labute approximate surface area is 157 Å². The van der Waals surface area contributed by atoms with E-state index in [0.29, 0.717) is 11.5 Å². The lowest BCUT2D eigenvalue weighted by molar-refractivity contribution is -0.113. The molecule has 0 fully saturated rings. The van der Waals surface area contributed by atoms with Crippen LogP contribution in [-0.4, -0.2) is 26.1 Å². The van der Waals surface area contributed by atoms with Gasteiger partial charge in [0.15, 0.2) is 0 Å². The molecule has 0 radical (unpaired) electrons. The number of allylic oxidation sites excluding steroid dienone is 1. The molecule has 4 rings (SSSR count). The van der Waals surface area contributed by atoms with E-state index >= 15 is 0 Å². The number of carbonyl (C=O) groups excluding carboxylic acids is 1. The molecule has 0 saturated heterocycles. The smallest absolute Gasteiger partial charge is 0.255 e. The number of aromatic nitrogens is 4. The van der Waals surface area contributed by atoms with Gasteiger partial charge >= 0.3 is 0 Å². The lowest BCUT2D eigenvalue weighted by atomic mass is 9.94. The molecule has 7 heteroatoms. The van der Waals surface area contributed by atoms with E-state index in [4.69, 9.17) is 0 Å². The normalized spacial score (nSPS) is 15.9. The number of carbonyl (C=O) groups is 1. The molecule has 1 aliphatic rings. The molecule has 136 valence electrons. The maximum atomic E-state index is 13.2. The fourth-order valence-corrected chi connectivity index (χ4v) is 3.36. The number of rotatable bonds is 3. The van der Waals surface area contributed by atoms with E-state index in [1.54, 1.807) is 4.68 Å². The minimum absolute atomic E-state index is 0.179. The van der Waals surface area contributed by atoms with Crippen LogP contribution in [0.4, 0.5) is 11.6 Å². The van der Waals surface area contributed by atoms with Gasteiger partial charge in [-0.05, 0) is 48.4 Å². The number of aryl methyl sites for hydroxylation is 2. The molecule has 2 N–H and O–H groups in total.